The Morgan fingerprint density at radius 3 is 2.74 bits per heavy atom. The molecule has 2 aromatic heterocycles. The number of amides is 2. The molecule has 2 amide bonds. The molecule has 1 atom stereocenters. The molecule has 2 aliphatic carbocycles. The monoisotopic (exact) mass is 521 g/mol. The van der Waals surface area contributed by atoms with Crippen LogP contribution in [0.25, 0.3) is 22.3 Å². The van der Waals surface area contributed by atoms with Crippen LogP contribution in [-0.2, 0) is 9.53 Å². The van der Waals surface area contributed by atoms with Gasteiger partial charge >= 0.3 is 0 Å². The van der Waals surface area contributed by atoms with E-state index in [9.17, 15) is 9.59 Å². The summed E-state index contributed by atoms with van der Waals surface area (Å²) >= 11 is 0. The number of carbonyl (C=O) groups excluding carboxylic acids is 2. The number of likely N-dealkylation sites (tertiary alicyclic amines) is 1. The number of nitrogens with one attached hydrogen (secondary N) is 2. The number of halogens is 1. The molecule has 200 valence electrons. The molecule has 1 aromatic carbocycles. The second-order valence-electron chi connectivity index (χ2n) is 11.0. The summed E-state index contributed by atoms with van der Waals surface area (Å²) in [7, 11) is 1.50. The lowest BCUT2D eigenvalue weighted by Crippen LogP contribution is -2.42. The van der Waals surface area contributed by atoms with E-state index in [4.69, 9.17) is 9.47 Å². The minimum absolute atomic E-state index is 0.0277. The highest BCUT2D eigenvalue weighted by Gasteiger charge is 2.56. The lowest BCUT2D eigenvalue weighted by atomic mass is 10.00. The maximum Gasteiger partial charge on any atom is 0.255 e. The van der Waals surface area contributed by atoms with E-state index in [2.05, 4.69) is 20.3 Å². The van der Waals surface area contributed by atoms with E-state index in [-0.39, 0.29) is 35.4 Å². The number of rotatable bonds is 8. The van der Waals surface area contributed by atoms with Crippen LogP contribution in [0.1, 0.15) is 47.3 Å². The third-order valence-corrected chi connectivity index (χ3v) is 8.17. The Kier molecular flexibility index (Phi) is 6.09. The van der Waals surface area contributed by atoms with Crippen LogP contribution in [-0.4, -0.2) is 71.1 Å². The number of benzene rings is 1. The van der Waals surface area contributed by atoms with Crippen molar-refractivity contribution in [1.82, 2.24) is 25.2 Å². The molecule has 10 heteroatoms. The average Bonchev–Trinajstić information content (AvgIpc) is 3.80. The Hall–Kier alpha value is -3.53. The van der Waals surface area contributed by atoms with Crippen LogP contribution >= 0.6 is 0 Å². The summed E-state index contributed by atoms with van der Waals surface area (Å²) in [5, 5.41) is 3.17. The number of aryl methyl sites for hydroxylation is 2. The minimum Gasteiger partial charge on any atom is -0.492 e. The fourth-order valence-electron chi connectivity index (χ4n) is 5.55. The molecule has 3 aliphatic rings. The highest BCUT2D eigenvalue weighted by atomic mass is 19.1. The number of methoxy groups -OCH3 is 1. The maximum absolute atomic E-state index is 15.5. The van der Waals surface area contributed by atoms with Gasteiger partial charge in [0, 0.05) is 31.3 Å². The predicted octanol–water partition coefficient (Wildman–Crippen LogP) is 3.54. The minimum atomic E-state index is -0.404. The first kappa shape index (κ1) is 24.8. The zero-order valence-electron chi connectivity index (χ0n) is 21.9. The lowest BCUT2D eigenvalue weighted by molar-refractivity contribution is -0.134. The number of hydrogen-bond acceptors (Lipinski definition) is 6. The van der Waals surface area contributed by atoms with Crippen molar-refractivity contribution < 1.29 is 23.5 Å². The van der Waals surface area contributed by atoms with Crippen molar-refractivity contribution in [1.29, 1.82) is 0 Å². The van der Waals surface area contributed by atoms with Gasteiger partial charge in [0.2, 0.25) is 5.91 Å². The number of aromatic nitrogens is 3. The van der Waals surface area contributed by atoms with Gasteiger partial charge in [-0.3, -0.25) is 9.59 Å². The number of aromatic amines is 1. The molecular formula is C28H32FN5O4. The van der Waals surface area contributed by atoms with E-state index >= 15 is 4.39 Å². The fourth-order valence-corrected chi connectivity index (χ4v) is 5.55. The molecule has 1 unspecified atom stereocenters. The van der Waals surface area contributed by atoms with Crippen molar-refractivity contribution in [3.05, 3.63) is 41.1 Å². The standard InChI is InChI=1S/C28H32FN5O4/c1-15-4-7-18(38-11-17-5-6-17)22(23(15)29)25-26-24(30-14-31-25)21(16(2)32-26)27(36)33-19-10-34(20(35)12-37-3)13-28(19)8-9-28/h4,7,14,17,19,32H,5-6,8-13H2,1-3H3,(H,33,36). The highest BCUT2D eigenvalue weighted by Crippen LogP contribution is 2.53. The predicted molar refractivity (Wildman–Crippen MR) is 138 cm³/mol. The Morgan fingerprint density at radius 2 is 2.03 bits per heavy atom. The first-order valence-corrected chi connectivity index (χ1v) is 13.1. The van der Waals surface area contributed by atoms with Crippen molar-refractivity contribution in [2.24, 2.45) is 11.3 Å². The van der Waals surface area contributed by atoms with E-state index in [0.717, 1.165) is 25.7 Å². The van der Waals surface area contributed by atoms with Crippen LogP contribution in [0.5, 0.6) is 5.75 Å². The molecule has 9 nitrogen and oxygen atoms in total. The Labute approximate surface area is 220 Å². The molecule has 2 N–H and O–H groups in total. The summed E-state index contributed by atoms with van der Waals surface area (Å²) in [4.78, 5) is 39.9. The van der Waals surface area contributed by atoms with Gasteiger partial charge in [-0.2, -0.15) is 0 Å². The second-order valence-corrected chi connectivity index (χ2v) is 11.0. The second kappa shape index (κ2) is 9.34. The zero-order chi connectivity index (χ0) is 26.6. The largest absolute Gasteiger partial charge is 0.492 e. The first-order chi connectivity index (χ1) is 18.3. The molecule has 3 aromatic rings. The molecule has 0 radical (unpaired) electrons. The van der Waals surface area contributed by atoms with Crippen LogP contribution in [0.2, 0.25) is 0 Å². The molecule has 1 saturated heterocycles. The Bertz CT molecular complexity index is 1430. The summed E-state index contributed by atoms with van der Waals surface area (Å²) in [6, 6.07) is 3.33. The van der Waals surface area contributed by atoms with Gasteiger partial charge in [0.25, 0.3) is 5.91 Å². The fraction of sp³-hybridized carbons (Fsp3) is 0.500. The number of carbonyl (C=O) groups is 2. The van der Waals surface area contributed by atoms with Gasteiger partial charge in [-0.1, -0.05) is 6.07 Å². The molecule has 1 spiro atoms. The van der Waals surface area contributed by atoms with E-state index in [1.54, 1.807) is 30.9 Å². The van der Waals surface area contributed by atoms with E-state index in [1.165, 1.54) is 13.4 Å². The van der Waals surface area contributed by atoms with E-state index in [1.807, 2.05) is 0 Å². The van der Waals surface area contributed by atoms with Gasteiger partial charge < -0.3 is 24.7 Å². The Balaban J connectivity index is 1.32. The van der Waals surface area contributed by atoms with E-state index in [0.29, 0.717) is 64.9 Å². The maximum atomic E-state index is 15.5. The van der Waals surface area contributed by atoms with Crippen molar-refractivity contribution in [2.75, 3.05) is 33.4 Å². The molecule has 3 heterocycles. The van der Waals surface area contributed by atoms with Crippen molar-refractivity contribution in [2.45, 2.75) is 45.6 Å². The average molecular weight is 522 g/mol. The SMILES string of the molecule is COCC(=O)N1CC(NC(=O)c2c(C)[nH]c3c(-c4c(OCC5CC5)ccc(C)c4F)ncnc23)C2(CC2)C1. The van der Waals surface area contributed by atoms with Crippen molar-refractivity contribution in [3.63, 3.8) is 0 Å². The van der Waals surface area contributed by atoms with Crippen molar-refractivity contribution in [3.8, 4) is 17.0 Å². The van der Waals surface area contributed by atoms with Crippen LogP contribution < -0.4 is 10.1 Å². The van der Waals surface area contributed by atoms with Crippen LogP contribution in [0.3, 0.4) is 0 Å². The molecule has 38 heavy (non-hydrogen) atoms. The third-order valence-electron chi connectivity index (χ3n) is 8.17. The molecular weight excluding hydrogens is 489 g/mol. The lowest BCUT2D eigenvalue weighted by Gasteiger charge is -2.18. The zero-order valence-corrected chi connectivity index (χ0v) is 21.9. The van der Waals surface area contributed by atoms with Crippen molar-refractivity contribution >= 4 is 22.8 Å². The van der Waals surface area contributed by atoms with Gasteiger partial charge in [0.1, 0.15) is 35.7 Å². The first-order valence-electron chi connectivity index (χ1n) is 13.1. The summed E-state index contributed by atoms with van der Waals surface area (Å²) in [5.41, 5.74) is 2.95. The van der Waals surface area contributed by atoms with Gasteiger partial charge in [0.15, 0.2) is 0 Å². The molecule has 2 saturated carbocycles. The van der Waals surface area contributed by atoms with Crippen LogP contribution in [0, 0.1) is 31.0 Å². The molecule has 1 aliphatic heterocycles. The summed E-state index contributed by atoms with van der Waals surface area (Å²) in [6.45, 7) is 5.14. The molecule has 3 fully saturated rings. The smallest absolute Gasteiger partial charge is 0.255 e. The summed E-state index contributed by atoms with van der Waals surface area (Å²) in [6.07, 6.45) is 5.53. The van der Waals surface area contributed by atoms with Crippen LogP contribution in [0.15, 0.2) is 18.5 Å². The third kappa shape index (κ3) is 4.30. The van der Waals surface area contributed by atoms with Gasteiger partial charge in [0.05, 0.1) is 29.3 Å². The highest BCUT2D eigenvalue weighted by molar-refractivity contribution is 6.09. The van der Waals surface area contributed by atoms with Gasteiger partial charge in [-0.15, -0.1) is 0 Å². The number of H-pyrrole nitrogens is 1. The van der Waals surface area contributed by atoms with E-state index < -0.39 is 5.82 Å². The number of hydrogen-bond donors (Lipinski definition) is 2. The number of nitrogens with zero attached hydrogens (tertiary/aromatic N) is 3. The normalized spacial score (nSPS) is 19.8. The molecule has 0 bridgehead atoms. The van der Waals surface area contributed by atoms with Gasteiger partial charge in [-0.05, 0) is 57.1 Å². The number of fused-ring (bicyclic) bond motifs is 1. The Morgan fingerprint density at radius 1 is 1.24 bits per heavy atom. The number of ether oxygens (including phenoxy) is 2. The summed E-state index contributed by atoms with van der Waals surface area (Å²) in [5.74, 6) is 0.188. The quantitative estimate of drug-likeness (QED) is 0.469. The van der Waals surface area contributed by atoms with Gasteiger partial charge in [-0.25, -0.2) is 14.4 Å². The molecule has 6 rings (SSSR count). The topological polar surface area (TPSA) is 109 Å². The summed E-state index contributed by atoms with van der Waals surface area (Å²) < 4.78 is 26.6. The van der Waals surface area contributed by atoms with Crippen LogP contribution in [0.4, 0.5) is 4.39 Å².